The molecule has 0 saturated carbocycles. The van der Waals surface area contributed by atoms with E-state index in [9.17, 15) is 19.2 Å². The number of amides is 2. The van der Waals surface area contributed by atoms with Gasteiger partial charge in [-0.1, -0.05) is 12.1 Å². The maximum Gasteiger partial charge on any atom is 0.328 e. The van der Waals surface area contributed by atoms with Gasteiger partial charge in [0.2, 0.25) is 5.91 Å². The van der Waals surface area contributed by atoms with Crippen molar-refractivity contribution in [2.45, 2.75) is 6.54 Å². The molecule has 108 valence electrons. The predicted molar refractivity (Wildman–Crippen MR) is 74.9 cm³/mol. The third-order valence-corrected chi connectivity index (χ3v) is 2.68. The van der Waals surface area contributed by atoms with E-state index < -0.39 is 23.1 Å². The standard InChI is InChI=1S/C13H12N4O4/c14-12(20)8-3-1-2-4-9(8)15-11(19)7-17-6-5-10(18)16-13(17)21/h1-6H,7H2,(H2,14,20)(H,15,19)(H,16,18,21). The Morgan fingerprint density at radius 3 is 2.57 bits per heavy atom. The minimum Gasteiger partial charge on any atom is -0.366 e. The molecule has 0 fully saturated rings. The summed E-state index contributed by atoms with van der Waals surface area (Å²) >= 11 is 0. The summed E-state index contributed by atoms with van der Waals surface area (Å²) in [6.45, 7) is -0.303. The van der Waals surface area contributed by atoms with Gasteiger partial charge in [-0.15, -0.1) is 0 Å². The van der Waals surface area contributed by atoms with Gasteiger partial charge in [-0.2, -0.15) is 0 Å². The molecule has 4 N–H and O–H groups in total. The van der Waals surface area contributed by atoms with Crippen LogP contribution in [0.2, 0.25) is 0 Å². The van der Waals surface area contributed by atoms with Crippen molar-refractivity contribution in [1.29, 1.82) is 0 Å². The van der Waals surface area contributed by atoms with Gasteiger partial charge >= 0.3 is 5.69 Å². The molecule has 21 heavy (non-hydrogen) atoms. The quantitative estimate of drug-likeness (QED) is 0.685. The number of nitrogens with zero attached hydrogens (tertiary/aromatic N) is 1. The Kier molecular flexibility index (Phi) is 3.98. The molecule has 0 bridgehead atoms. The van der Waals surface area contributed by atoms with Crippen molar-refractivity contribution in [1.82, 2.24) is 9.55 Å². The average Bonchev–Trinajstić information content (AvgIpc) is 2.42. The summed E-state index contributed by atoms with van der Waals surface area (Å²) < 4.78 is 1.03. The number of carbonyl (C=O) groups excluding carboxylic acids is 2. The lowest BCUT2D eigenvalue weighted by molar-refractivity contribution is -0.116. The molecule has 2 amide bonds. The zero-order chi connectivity index (χ0) is 15.4. The van der Waals surface area contributed by atoms with E-state index >= 15 is 0 Å². The van der Waals surface area contributed by atoms with Crippen LogP contribution in [0.25, 0.3) is 0 Å². The van der Waals surface area contributed by atoms with Crippen LogP contribution < -0.4 is 22.3 Å². The smallest absolute Gasteiger partial charge is 0.328 e. The number of rotatable bonds is 4. The van der Waals surface area contributed by atoms with E-state index in [1.54, 1.807) is 12.1 Å². The SMILES string of the molecule is NC(=O)c1ccccc1NC(=O)Cn1ccc(=O)[nH]c1=O. The first-order valence-electron chi connectivity index (χ1n) is 5.96. The molecule has 1 aromatic carbocycles. The summed E-state index contributed by atoms with van der Waals surface area (Å²) in [6, 6.07) is 7.38. The van der Waals surface area contributed by atoms with E-state index in [-0.39, 0.29) is 17.8 Å². The number of para-hydroxylation sites is 1. The van der Waals surface area contributed by atoms with Crippen LogP contribution in [0, 0.1) is 0 Å². The molecule has 2 rings (SSSR count). The van der Waals surface area contributed by atoms with Crippen molar-refractivity contribution in [2.75, 3.05) is 5.32 Å². The van der Waals surface area contributed by atoms with Crippen molar-refractivity contribution >= 4 is 17.5 Å². The molecule has 0 spiro atoms. The van der Waals surface area contributed by atoms with Gasteiger partial charge in [0.1, 0.15) is 6.54 Å². The largest absolute Gasteiger partial charge is 0.366 e. The number of aromatic amines is 1. The second kappa shape index (κ2) is 5.87. The summed E-state index contributed by atoms with van der Waals surface area (Å²) in [5.41, 5.74) is 4.38. The Morgan fingerprint density at radius 2 is 1.90 bits per heavy atom. The van der Waals surface area contributed by atoms with E-state index in [4.69, 9.17) is 5.73 Å². The van der Waals surface area contributed by atoms with Crippen molar-refractivity contribution in [3.05, 3.63) is 62.9 Å². The maximum absolute atomic E-state index is 11.9. The Labute approximate surface area is 118 Å². The number of H-pyrrole nitrogens is 1. The van der Waals surface area contributed by atoms with Crippen LogP contribution in [0.3, 0.4) is 0 Å². The fraction of sp³-hybridized carbons (Fsp3) is 0.0769. The first kappa shape index (κ1) is 14.3. The number of carbonyl (C=O) groups is 2. The van der Waals surface area contributed by atoms with Crippen molar-refractivity contribution in [2.24, 2.45) is 5.73 Å². The zero-order valence-corrected chi connectivity index (χ0v) is 10.8. The highest BCUT2D eigenvalue weighted by molar-refractivity contribution is 6.02. The summed E-state index contributed by atoms with van der Waals surface area (Å²) in [5, 5.41) is 2.49. The minimum atomic E-state index is -0.694. The van der Waals surface area contributed by atoms with Crippen LogP contribution in [-0.2, 0) is 11.3 Å². The Balaban J connectivity index is 2.18. The first-order chi connectivity index (χ1) is 9.97. The molecule has 0 aliphatic rings. The molecule has 0 aliphatic heterocycles. The molecule has 2 aromatic rings. The molecular formula is C13H12N4O4. The Hall–Kier alpha value is -3.16. The van der Waals surface area contributed by atoms with Crippen LogP contribution in [0.4, 0.5) is 5.69 Å². The number of benzene rings is 1. The molecule has 0 saturated heterocycles. The van der Waals surface area contributed by atoms with Gasteiger partial charge in [0.15, 0.2) is 0 Å². The summed E-state index contributed by atoms with van der Waals surface area (Å²) in [7, 11) is 0. The van der Waals surface area contributed by atoms with E-state index in [2.05, 4.69) is 5.32 Å². The monoisotopic (exact) mass is 288 g/mol. The molecule has 8 nitrogen and oxygen atoms in total. The van der Waals surface area contributed by atoms with Crippen LogP contribution >= 0.6 is 0 Å². The topological polar surface area (TPSA) is 127 Å². The number of nitrogens with one attached hydrogen (secondary N) is 2. The van der Waals surface area contributed by atoms with Gasteiger partial charge in [-0.3, -0.25) is 23.9 Å². The number of primary amides is 1. The number of nitrogens with two attached hydrogens (primary N) is 1. The molecule has 0 aliphatic carbocycles. The van der Waals surface area contributed by atoms with Gasteiger partial charge < -0.3 is 11.1 Å². The second-order valence-corrected chi connectivity index (χ2v) is 4.20. The van der Waals surface area contributed by atoms with Crippen molar-refractivity contribution in [3.63, 3.8) is 0 Å². The number of hydrogen-bond acceptors (Lipinski definition) is 4. The van der Waals surface area contributed by atoms with E-state index in [0.717, 1.165) is 10.6 Å². The fourth-order valence-corrected chi connectivity index (χ4v) is 1.72. The molecule has 0 radical (unpaired) electrons. The zero-order valence-electron chi connectivity index (χ0n) is 10.8. The van der Waals surface area contributed by atoms with Crippen LogP contribution in [0.5, 0.6) is 0 Å². The number of anilines is 1. The van der Waals surface area contributed by atoms with Crippen LogP contribution in [-0.4, -0.2) is 21.4 Å². The van der Waals surface area contributed by atoms with E-state index in [0.29, 0.717) is 0 Å². The number of hydrogen-bond donors (Lipinski definition) is 3. The molecule has 1 aromatic heterocycles. The van der Waals surface area contributed by atoms with Crippen molar-refractivity contribution < 1.29 is 9.59 Å². The van der Waals surface area contributed by atoms with Gasteiger partial charge in [0, 0.05) is 12.3 Å². The van der Waals surface area contributed by atoms with Crippen molar-refractivity contribution in [3.8, 4) is 0 Å². The molecular weight excluding hydrogens is 276 g/mol. The predicted octanol–water partition coefficient (Wildman–Crippen LogP) is -0.726. The molecule has 0 atom stereocenters. The summed E-state index contributed by atoms with van der Waals surface area (Å²) in [6.07, 6.45) is 1.21. The van der Waals surface area contributed by atoms with E-state index in [1.165, 1.54) is 18.3 Å². The molecule has 1 heterocycles. The maximum atomic E-state index is 11.9. The van der Waals surface area contributed by atoms with E-state index in [1.807, 2.05) is 4.98 Å². The highest BCUT2D eigenvalue weighted by Gasteiger charge is 2.11. The lowest BCUT2D eigenvalue weighted by Crippen LogP contribution is -2.32. The number of aromatic nitrogens is 2. The average molecular weight is 288 g/mol. The second-order valence-electron chi connectivity index (χ2n) is 4.20. The van der Waals surface area contributed by atoms with Gasteiger partial charge in [0.25, 0.3) is 11.5 Å². The lowest BCUT2D eigenvalue weighted by Gasteiger charge is -2.09. The summed E-state index contributed by atoms with van der Waals surface area (Å²) in [5.74, 6) is -1.20. The molecule has 0 unspecified atom stereocenters. The normalized spacial score (nSPS) is 10.1. The van der Waals surface area contributed by atoms with Gasteiger partial charge in [-0.05, 0) is 12.1 Å². The Morgan fingerprint density at radius 1 is 1.19 bits per heavy atom. The fourth-order valence-electron chi connectivity index (χ4n) is 1.72. The van der Waals surface area contributed by atoms with Crippen LogP contribution in [0.15, 0.2) is 46.1 Å². The third-order valence-electron chi connectivity index (χ3n) is 2.68. The summed E-state index contributed by atoms with van der Waals surface area (Å²) in [4.78, 5) is 47.5. The van der Waals surface area contributed by atoms with Gasteiger partial charge in [-0.25, -0.2) is 4.79 Å². The third kappa shape index (κ3) is 3.44. The minimum absolute atomic E-state index is 0.166. The highest BCUT2D eigenvalue weighted by Crippen LogP contribution is 2.13. The van der Waals surface area contributed by atoms with Crippen LogP contribution in [0.1, 0.15) is 10.4 Å². The van der Waals surface area contributed by atoms with Gasteiger partial charge in [0.05, 0.1) is 11.3 Å². The highest BCUT2D eigenvalue weighted by atomic mass is 16.2. The Bertz CT molecular complexity index is 806. The molecule has 8 heteroatoms. The lowest BCUT2D eigenvalue weighted by atomic mass is 10.1. The first-order valence-corrected chi connectivity index (χ1v) is 5.96.